The Balaban J connectivity index is 0.000000533. The fourth-order valence-electron chi connectivity index (χ4n) is 3.97. The van der Waals surface area contributed by atoms with Gasteiger partial charge in [-0.3, -0.25) is 15.2 Å². The van der Waals surface area contributed by atoms with Crippen LogP contribution in [0.15, 0.2) is 34.5 Å². The molecular formula is C29H48N4O. The molecule has 1 aromatic rings. The monoisotopic (exact) mass is 468 g/mol. The van der Waals surface area contributed by atoms with Crippen molar-refractivity contribution in [2.24, 2.45) is 16.6 Å². The normalized spacial score (nSPS) is 17.0. The number of nitrogens with zero attached hydrogens (tertiary/aromatic N) is 2. The molecule has 1 aliphatic carbocycles. The topological polar surface area (TPSA) is 82.5 Å². The van der Waals surface area contributed by atoms with Gasteiger partial charge < -0.3 is 10.6 Å². The number of amidine groups is 1. The van der Waals surface area contributed by atoms with Crippen molar-refractivity contribution in [3.8, 4) is 0 Å². The molecule has 0 amide bonds. The molecule has 0 aliphatic heterocycles. The molecule has 5 heteroatoms. The fraction of sp³-hybridized carbons (Fsp3) is 0.621. The van der Waals surface area contributed by atoms with Crippen LogP contribution in [-0.2, 0) is 4.79 Å². The van der Waals surface area contributed by atoms with Gasteiger partial charge in [-0.05, 0) is 87.5 Å². The first-order chi connectivity index (χ1) is 16.1. The van der Waals surface area contributed by atoms with E-state index >= 15 is 0 Å². The summed E-state index contributed by atoms with van der Waals surface area (Å²) in [6.45, 7) is 16.8. The largest absolute Gasteiger partial charge is 0.396 e. The molecule has 0 saturated heterocycles. The standard InChI is InChI=1S/C20H36N4O.C9H12/c1-5-12-24(13-11-15(3)6-2)19(21)14-23-18-10-8-7-9-17(18)20(22)16(4)25;1-7-5-4-6-8(2)9(7)3/h15,21H,5-14,22H2,1-4H3;4-6H,1-3H3/b20-17-,21-19?,23-18?;. The summed E-state index contributed by atoms with van der Waals surface area (Å²) in [4.78, 5) is 18.4. The van der Waals surface area contributed by atoms with Crippen LogP contribution in [0.4, 0.5) is 0 Å². The number of ketones is 1. The third-order valence-corrected chi connectivity index (χ3v) is 6.90. The number of nitrogens with one attached hydrogen (secondary N) is 1. The molecule has 1 atom stereocenters. The molecule has 0 aromatic heterocycles. The van der Waals surface area contributed by atoms with Crippen molar-refractivity contribution in [3.63, 3.8) is 0 Å². The van der Waals surface area contributed by atoms with Crippen LogP contribution >= 0.6 is 0 Å². The van der Waals surface area contributed by atoms with E-state index in [1.807, 2.05) is 0 Å². The highest BCUT2D eigenvalue weighted by molar-refractivity contribution is 6.08. The van der Waals surface area contributed by atoms with Gasteiger partial charge in [0.2, 0.25) is 0 Å². The summed E-state index contributed by atoms with van der Waals surface area (Å²) in [6, 6.07) is 6.38. The maximum Gasteiger partial charge on any atom is 0.175 e. The van der Waals surface area contributed by atoms with Gasteiger partial charge in [-0.1, -0.05) is 45.4 Å². The zero-order valence-corrected chi connectivity index (χ0v) is 22.8. The van der Waals surface area contributed by atoms with Crippen molar-refractivity contribution in [1.29, 1.82) is 5.41 Å². The summed E-state index contributed by atoms with van der Waals surface area (Å²) in [6.07, 6.45) is 7.12. The van der Waals surface area contributed by atoms with E-state index in [0.29, 0.717) is 24.0 Å². The zero-order chi connectivity index (χ0) is 25.7. The minimum atomic E-state index is -0.0826. The predicted molar refractivity (Wildman–Crippen MR) is 147 cm³/mol. The van der Waals surface area contributed by atoms with E-state index in [1.54, 1.807) is 0 Å². The van der Waals surface area contributed by atoms with Crippen LogP contribution in [0.5, 0.6) is 0 Å². The molecule has 0 radical (unpaired) electrons. The fourth-order valence-corrected chi connectivity index (χ4v) is 3.97. The predicted octanol–water partition coefficient (Wildman–Crippen LogP) is 6.54. The number of rotatable bonds is 9. The molecule has 1 aromatic carbocycles. The van der Waals surface area contributed by atoms with Gasteiger partial charge in [0.25, 0.3) is 0 Å². The van der Waals surface area contributed by atoms with Gasteiger partial charge >= 0.3 is 0 Å². The highest BCUT2D eigenvalue weighted by atomic mass is 16.1. The Morgan fingerprint density at radius 2 is 1.74 bits per heavy atom. The van der Waals surface area contributed by atoms with Crippen LogP contribution in [0.3, 0.4) is 0 Å². The van der Waals surface area contributed by atoms with E-state index in [2.05, 4.69) is 69.6 Å². The van der Waals surface area contributed by atoms with E-state index in [4.69, 9.17) is 11.1 Å². The number of benzene rings is 1. The second-order valence-corrected chi connectivity index (χ2v) is 9.67. The summed E-state index contributed by atoms with van der Waals surface area (Å²) in [5.41, 5.74) is 12.4. The quantitative estimate of drug-likeness (QED) is 0.245. The van der Waals surface area contributed by atoms with Crippen LogP contribution in [0.2, 0.25) is 0 Å². The molecule has 190 valence electrons. The number of aliphatic imine (C=N–C) groups is 1. The molecule has 1 fully saturated rings. The van der Waals surface area contributed by atoms with Crippen LogP contribution in [0.1, 0.15) is 89.3 Å². The average Bonchev–Trinajstić information content (AvgIpc) is 2.83. The molecule has 1 saturated carbocycles. The Hall–Kier alpha value is -2.43. The lowest BCUT2D eigenvalue weighted by molar-refractivity contribution is -0.113. The Bertz CT molecular complexity index is 849. The van der Waals surface area contributed by atoms with Crippen molar-refractivity contribution < 1.29 is 4.79 Å². The van der Waals surface area contributed by atoms with Crippen LogP contribution < -0.4 is 5.73 Å². The molecular weight excluding hydrogens is 420 g/mol. The number of hydrogen-bond acceptors (Lipinski definition) is 4. The van der Waals surface area contributed by atoms with Gasteiger partial charge in [0, 0.05) is 25.7 Å². The molecule has 0 spiro atoms. The summed E-state index contributed by atoms with van der Waals surface area (Å²) in [5.74, 6) is 1.17. The smallest absolute Gasteiger partial charge is 0.175 e. The lowest BCUT2D eigenvalue weighted by Crippen LogP contribution is -2.35. The molecule has 5 nitrogen and oxygen atoms in total. The molecule has 34 heavy (non-hydrogen) atoms. The van der Waals surface area contributed by atoms with Gasteiger partial charge in [0.1, 0.15) is 5.84 Å². The number of Topliss-reactive ketones (excluding diaryl/α,β-unsaturated/α-hetero) is 1. The van der Waals surface area contributed by atoms with Crippen molar-refractivity contribution in [2.75, 3.05) is 19.6 Å². The van der Waals surface area contributed by atoms with E-state index in [-0.39, 0.29) is 5.78 Å². The second kappa shape index (κ2) is 15.5. The van der Waals surface area contributed by atoms with Crippen LogP contribution in [0.25, 0.3) is 0 Å². The number of allylic oxidation sites excluding steroid dienone is 2. The Morgan fingerprint density at radius 3 is 2.26 bits per heavy atom. The summed E-state index contributed by atoms with van der Waals surface area (Å²) < 4.78 is 0. The second-order valence-electron chi connectivity index (χ2n) is 9.67. The van der Waals surface area contributed by atoms with Gasteiger partial charge in [-0.2, -0.15) is 0 Å². The first kappa shape index (κ1) is 29.6. The minimum Gasteiger partial charge on any atom is -0.396 e. The Morgan fingerprint density at radius 1 is 1.12 bits per heavy atom. The van der Waals surface area contributed by atoms with Crippen LogP contribution in [0, 0.1) is 32.1 Å². The molecule has 0 bridgehead atoms. The maximum absolute atomic E-state index is 11.6. The number of carbonyl (C=O) groups is 1. The molecule has 1 aliphatic rings. The number of hydrogen-bond donors (Lipinski definition) is 2. The highest BCUT2D eigenvalue weighted by Crippen LogP contribution is 2.23. The summed E-state index contributed by atoms with van der Waals surface area (Å²) in [5, 5.41) is 8.43. The third-order valence-electron chi connectivity index (χ3n) is 6.90. The number of carbonyl (C=O) groups excluding carboxylic acids is 1. The van der Waals surface area contributed by atoms with Gasteiger partial charge in [-0.15, -0.1) is 0 Å². The average molecular weight is 469 g/mol. The molecule has 1 unspecified atom stereocenters. The van der Waals surface area contributed by atoms with E-state index < -0.39 is 0 Å². The van der Waals surface area contributed by atoms with Crippen LogP contribution in [-0.4, -0.2) is 41.9 Å². The minimum absolute atomic E-state index is 0.0826. The molecule has 3 N–H and O–H groups in total. The Labute approximate surface area is 208 Å². The van der Waals surface area contributed by atoms with Crippen molar-refractivity contribution in [2.45, 2.75) is 93.4 Å². The van der Waals surface area contributed by atoms with E-state index in [9.17, 15) is 4.79 Å². The lowest BCUT2D eigenvalue weighted by atomic mass is 9.90. The maximum atomic E-state index is 11.6. The first-order valence-electron chi connectivity index (χ1n) is 13.0. The van der Waals surface area contributed by atoms with E-state index in [0.717, 1.165) is 62.9 Å². The van der Waals surface area contributed by atoms with Crippen molar-refractivity contribution in [1.82, 2.24) is 4.90 Å². The van der Waals surface area contributed by atoms with E-state index in [1.165, 1.54) is 30.0 Å². The van der Waals surface area contributed by atoms with Gasteiger partial charge in [-0.25, -0.2) is 0 Å². The SMILES string of the molecule is CCCN(CCC(C)CC)C(=N)CN=C1CCCC/C1=C(/N)C(C)=O.Cc1cccc(C)c1C. The van der Waals surface area contributed by atoms with Crippen molar-refractivity contribution >= 4 is 17.3 Å². The summed E-state index contributed by atoms with van der Waals surface area (Å²) in [7, 11) is 0. The first-order valence-corrected chi connectivity index (χ1v) is 13.0. The molecule has 0 heterocycles. The van der Waals surface area contributed by atoms with Crippen molar-refractivity contribution in [3.05, 3.63) is 46.2 Å². The van der Waals surface area contributed by atoms with Gasteiger partial charge in [0.05, 0.1) is 12.2 Å². The number of aryl methyl sites for hydroxylation is 2. The number of nitrogens with two attached hydrogens (primary N) is 1. The van der Waals surface area contributed by atoms with Gasteiger partial charge in [0.15, 0.2) is 5.78 Å². The highest BCUT2D eigenvalue weighted by Gasteiger charge is 2.19. The summed E-state index contributed by atoms with van der Waals surface area (Å²) >= 11 is 0. The zero-order valence-electron chi connectivity index (χ0n) is 22.8. The Kier molecular flexibility index (Phi) is 13.5. The third kappa shape index (κ3) is 9.82. The lowest BCUT2D eigenvalue weighted by Gasteiger charge is -2.26. The molecule has 2 rings (SSSR count).